The summed E-state index contributed by atoms with van der Waals surface area (Å²) in [6.07, 6.45) is 2.63. The average molecular weight is 695 g/mol. The van der Waals surface area contributed by atoms with Crippen LogP contribution < -0.4 is 5.32 Å². The van der Waals surface area contributed by atoms with Crippen molar-refractivity contribution in [3.05, 3.63) is 0 Å². The van der Waals surface area contributed by atoms with E-state index < -0.39 is 53.9 Å². The Kier molecular flexibility index (Phi) is 13.9. The third-order valence-corrected chi connectivity index (χ3v) is 10.9. The van der Waals surface area contributed by atoms with Crippen molar-refractivity contribution >= 4 is 29.8 Å². The lowest BCUT2D eigenvalue weighted by Crippen LogP contribution is -2.61. The number of rotatable bonds is 15. The second-order valence-electron chi connectivity index (χ2n) is 15.7. The summed E-state index contributed by atoms with van der Waals surface area (Å²) in [7, 11) is 4.69. The Morgan fingerprint density at radius 3 is 2.18 bits per heavy atom. The van der Waals surface area contributed by atoms with E-state index in [4.69, 9.17) is 14.2 Å². The molecule has 3 fully saturated rings. The number of carboxylic acids is 1. The number of aliphatic carboxylic acids is 1. The molecule has 2 N–H and O–H groups in total. The van der Waals surface area contributed by atoms with Gasteiger partial charge < -0.3 is 34.4 Å². The van der Waals surface area contributed by atoms with Gasteiger partial charge in [0.15, 0.2) is 0 Å². The predicted octanol–water partition coefficient (Wildman–Crippen LogP) is 3.92. The number of carbonyl (C=O) groups is 5. The number of methoxy groups -OCH3 is 2. The molecule has 0 aromatic rings. The topological polar surface area (TPSA) is 155 Å². The predicted molar refractivity (Wildman–Crippen MR) is 184 cm³/mol. The van der Waals surface area contributed by atoms with Gasteiger partial charge in [-0.2, -0.15) is 0 Å². The second kappa shape index (κ2) is 16.9. The lowest BCUT2D eigenvalue weighted by Gasteiger charge is -2.41. The molecule has 0 aromatic heterocycles. The van der Waals surface area contributed by atoms with Crippen molar-refractivity contribution in [3.8, 4) is 0 Å². The number of nitrogens with one attached hydrogen (secondary N) is 1. The number of carboxylic acid groups (broad SMARTS) is 1. The Hall–Kier alpha value is -2.93. The van der Waals surface area contributed by atoms with Crippen LogP contribution >= 0.6 is 0 Å². The van der Waals surface area contributed by atoms with Crippen molar-refractivity contribution in [1.82, 2.24) is 20.0 Å². The largest absolute Gasteiger partial charge is 0.481 e. The van der Waals surface area contributed by atoms with Crippen LogP contribution in [0, 0.1) is 23.7 Å². The molecular weight excluding hydrogens is 632 g/mol. The Bertz CT molecular complexity index is 1190. The van der Waals surface area contributed by atoms with Crippen LogP contribution in [0.15, 0.2) is 0 Å². The first kappa shape index (κ1) is 40.5. The normalized spacial score (nSPS) is 25.8. The van der Waals surface area contributed by atoms with Gasteiger partial charge in [-0.1, -0.05) is 34.1 Å². The van der Waals surface area contributed by atoms with Gasteiger partial charge in [-0.3, -0.25) is 24.1 Å². The minimum absolute atomic E-state index is 0.000476. The molecular formula is C36H62N4O9. The number of nitrogens with zero attached hydrogens (tertiary/aromatic N) is 3. The van der Waals surface area contributed by atoms with E-state index in [1.165, 1.54) is 14.2 Å². The molecule has 2 saturated heterocycles. The van der Waals surface area contributed by atoms with E-state index in [1.807, 2.05) is 27.7 Å². The van der Waals surface area contributed by atoms with Crippen LogP contribution in [0.25, 0.3) is 0 Å². The van der Waals surface area contributed by atoms with Gasteiger partial charge in [-0.25, -0.2) is 4.79 Å². The van der Waals surface area contributed by atoms with E-state index in [9.17, 15) is 29.1 Å². The summed E-state index contributed by atoms with van der Waals surface area (Å²) in [5, 5.41) is 12.7. The third-order valence-electron chi connectivity index (χ3n) is 10.9. The van der Waals surface area contributed by atoms with Gasteiger partial charge in [-0.05, 0) is 77.6 Å². The minimum atomic E-state index is -0.984. The molecule has 0 radical (unpaired) electrons. The standard InChI is InChI=1S/C36H62N4O9/c1-12-21(4)29(26(47-10)19-27(41)39-17-13-14-25(39)31(48-11)22(5)34(44)45)38(9)33(43)28(20(2)3)37-32(42)30-23-15-16-24(18-23)40(30)35(46)49-36(6,7)8/h20-26,28-31H,12-19H2,1-11H3,(H,37,42)(H,44,45)/t21-,22+,23-,24+,25?,26+,28?,29-,30-,31+/m0/s1. The Morgan fingerprint density at radius 1 is 1.00 bits per heavy atom. The summed E-state index contributed by atoms with van der Waals surface area (Å²) < 4.78 is 17.2. The van der Waals surface area contributed by atoms with E-state index in [2.05, 4.69) is 5.32 Å². The zero-order chi connectivity index (χ0) is 37.0. The second-order valence-corrected chi connectivity index (χ2v) is 15.7. The summed E-state index contributed by atoms with van der Waals surface area (Å²) in [6.45, 7) is 15.2. The summed E-state index contributed by atoms with van der Waals surface area (Å²) >= 11 is 0. The van der Waals surface area contributed by atoms with Gasteiger partial charge >= 0.3 is 12.1 Å². The van der Waals surface area contributed by atoms with E-state index in [-0.39, 0.29) is 54.0 Å². The van der Waals surface area contributed by atoms with Crippen molar-refractivity contribution in [1.29, 1.82) is 0 Å². The van der Waals surface area contributed by atoms with Crippen molar-refractivity contribution < 1.29 is 43.3 Å². The monoisotopic (exact) mass is 694 g/mol. The molecule has 2 heterocycles. The number of hydrogen-bond acceptors (Lipinski definition) is 8. The van der Waals surface area contributed by atoms with E-state index in [1.54, 1.807) is 49.4 Å². The van der Waals surface area contributed by atoms with Gasteiger partial charge in [0.25, 0.3) is 0 Å². The number of likely N-dealkylation sites (tertiary alicyclic amines) is 2. The van der Waals surface area contributed by atoms with Gasteiger partial charge in [0.2, 0.25) is 17.7 Å². The molecule has 0 spiro atoms. The first-order valence-corrected chi connectivity index (χ1v) is 18.0. The van der Waals surface area contributed by atoms with Gasteiger partial charge in [-0.15, -0.1) is 0 Å². The van der Waals surface area contributed by atoms with Crippen LogP contribution in [0.5, 0.6) is 0 Å². The summed E-state index contributed by atoms with van der Waals surface area (Å²) in [5.41, 5.74) is -0.707. The summed E-state index contributed by atoms with van der Waals surface area (Å²) in [4.78, 5) is 72.0. The van der Waals surface area contributed by atoms with E-state index in [0.29, 0.717) is 19.4 Å². The molecule has 13 heteroatoms. The molecule has 3 rings (SSSR count). The van der Waals surface area contributed by atoms with Crippen LogP contribution in [-0.2, 0) is 33.4 Å². The minimum Gasteiger partial charge on any atom is -0.481 e. The van der Waals surface area contributed by atoms with Crippen molar-refractivity contribution in [2.24, 2.45) is 23.7 Å². The fourth-order valence-corrected chi connectivity index (χ4v) is 8.17. The number of carbonyl (C=O) groups excluding carboxylic acids is 4. The van der Waals surface area contributed by atoms with Crippen molar-refractivity contribution in [3.63, 3.8) is 0 Å². The Balaban J connectivity index is 1.81. The van der Waals surface area contributed by atoms with Crippen LogP contribution in [-0.4, -0.2) is 125 Å². The smallest absolute Gasteiger partial charge is 0.411 e. The molecule has 1 saturated carbocycles. The zero-order valence-electron chi connectivity index (χ0n) is 31.6. The molecule has 4 amide bonds. The van der Waals surface area contributed by atoms with E-state index in [0.717, 1.165) is 25.7 Å². The number of piperidine rings is 1. The Morgan fingerprint density at radius 2 is 1.65 bits per heavy atom. The van der Waals surface area contributed by atoms with E-state index >= 15 is 0 Å². The molecule has 10 atom stereocenters. The van der Waals surface area contributed by atoms with Gasteiger partial charge in [0.05, 0.1) is 36.6 Å². The number of fused-ring (bicyclic) bond motifs is 2. The average Bonchev–Trinajstić information content (AvgIpc) is 3.79. The summed E-state index contributed by atoms with van der Waals surface area (Å²) in [5.74, 6) is -2.95. The van der Waals surface area contributed by atoms with Crippen molar-refractivity contribution in [2.75, 3.05) is 27.8 Å². The maximum absolute atomic E-state index is 14.3. The van der Waals surface area contributed by atoms with Gasteiger partial charge in [0.1, 0.15) is 17.7 Å². The molecule has 3 aliphatic rings. The van der Waals surface area contributed by atoms with Crippen LogP contribution in [0.1, 0.15) is 100 Å². The molecule has 49 heavy (non-hydrogen) atoms. The molecule has 2 bridgehead atoms. The number of likely N-dealkylation sites (N-methyl/N-ethyl adjacent to an activating group) is 1. The van der Waals surface area contributed by atoms with Crippen molar-refractivity contribution in [2.45, 2.75) is 148 Å². The fraction of sp³-hybridized carbons (Fsp3) is 0.861. The third kappa shape index (κ3) is 9.25. The first-order chi connectivity index (χ1) is 22.9. The number of amides is 4. The molecule has 13 nitrogen and oxygen atoms in total. The van der Waals surface area contributed by atoms with Crippen LogP contribution in [0.4, 0.5) is 4.79 Å². The number of ether oxygens (including phenoxy) is 3. The summed E-state index contributed by atoms with van der Waals surface area (Å²) in [6, 6.07) is -2.53. The molecule has 0 aromatic carbocycles. The zero-order valence-corrected chi connectivity index (χ0v) is 31.6. The van der Waals surface area contributed by atoms with Gasteiger partial charge in [0, 0.05) is 33.9 Å². The lowest BCUT2D eigenvalue weighted by molar-refractivity contribution is -0.152. The maximum Gasteiger partial charge on any atom is 0.411 e. The quantitative estimate of drug-likeness (QED) is 0.260. The highest BCUT2D eigenvalue weighted by Crippen LogP contribution is 2.43. The Labute approximate surface area is 292 Å². The highest BCUT2D eigenvalue weighted by atomic mass is 16.6. The van der Waals surface area contributed by atoms with Crippen LogP contribution in [0.2, 0.25) is 0 Å². The lowest BCUT2D eigenvalue weighted by atomic mass is 9.89. The molecule has 1 aliphatic carbocycles. The SMILES string of the molecule is CC[C@H](C)[C@@H]([C@@H](CC(=O)N1CCCC1[C@H](OC)[C@@H](C)C(=O)O)OC)N(C)C(=O)C(NC(=O)[C@@H]1[C@H]2CC[C@H](C2)N1C(=O)OC(C)(C)C)C(C)C. The maximum atomic E-state index is 14.3. The number of hydrogen-bond donors (Lipinski definition) is 2. The molecule has 2 unspecified atom stereocenters. The first-order valence-electron chi connectivity index (χ1n) is 18.0. The van der Waals surface area contributed by atoms with Crippen LogP contribution in [0.3, 0.4) is 0 Å². The molecule has 280 valence electrons. The fourth-order valence-electron chi connectivity index (χ4n) is 8.17. The molecule has 2 aliphatic heterocycles. The highest BCUT2D eigenvalue weighted by Gasteiger charge is 2.53. The highest BCUT2D eigenvalue weighted by molar-refractivity contribution is 5.92.